The van der Waals surface area contributed by atoms with Crippen molar-refractivity contribution in [1.82, 2.24) is 10.3 Å². The van der Waals surface area contributed by atoms with Crippen LogP contribution in [0.4, 0.5) is 5.82 Å². The molecule has 1 aliphatic heterocycles. The Morgan fingerprint density at radius 2 is 2.17 bits per heavy atom. The second kappa shape index (κ2) is 5.27. The standard InChI is InChI=1S/C15H23N3/c1-12-4-2-6-15(17-12)18(10-13-7-8-13)11-14-5-3-9-16-14/h2,4,6,13-14,16H,3,5,7-11H2,1H3. The largest absolute Gasteiger partial charge is 0.355 e. The summed E-state index contributed by atoms with van der Waals surface area (Å²) in [6.07, 6.45) is 5.44. The summed E-state index contributed by atoms with van der Waals surface area (Å²) >= 11 is 0. The molecule has 3 rings (SSSR count). The Labute approximate surface area is 110 Å². The van der Waals surface area contributed by atoms with Crippen LogP contribution >= 0.6 is 0 Å². The molecule has 0 amide bonds. The lowest BCUT2D eigenvalue weighted by molar-refractivity contribution is 0.567. The number of nitrogens with one attached hydrogen (secondary N) is 1. The zero-order valence-corrected chi connectivity index (χ0v) is 11.2. The molecule has 2 fully saturated rings. The van der Waals surface area contributed by atoms with Crippen molar-refractivity contribution in [2.75, 3.05) is 24.5 Å². The molecule has 1 aliphatic carbocycles. The van der Waals surface area contributed by atoms with Crippen molar-refractivity contribution in [2.24, 2.45) is 5.92 Å². The molecule has 1 N–H and O–H groups in total. The van der Waals surface area contributed by atoms with Gasteiger partial charge in [0.15, 0.2) is 0 Å². The van der Waals surface area contributed by atoms with Gasteiger partial charge in [0.05, 0.1) is 0 Å². The van der Waals surface area contributed by atoms with E-state index in [2.05, 4.69) is 35.3 Å². The fourth-order valence-electron chi connectivity index (χ4n) is 2.76. The number of rotatable bonds is 5. The number of hydrogen-bond donors (Lipinski definition) is 1. The van der Waals surface area contributed by atoms with Gasteiger partial charge in [0.1, 0.15) is 5.82 Å². The first kappa shape index (κ1) is 12.0. The molecule has 3 heteroatoms. The van der Waals surface area contributed by atoms with Gasteiger partial charge >= 0.3 is 0 Å². The first-order chi connectivity index (χ1) is 8.81. The van der Waals surface area contributed by atoms with Crippen LogP contribution in [0.2, 0.25) is 0 Å². The summed E-state index contributed by atoms with van der Waals surface area (Å²) in [5, 5.41) is 3.60. The first-order valence-electron chi connectivity index (χ1n) is 7.23. The maximum Gasteiger partial charge on any atom is 0.128 e. The lowest BCUT2D eigenvalue weighted by Gasteiger charge is -2.27. The summed E-state index contributed by atoms with van der Waals surface area (Å²) < 4.78 is 0. The van der Waals surface area contributed by atoms with Crippen LogP contribution in [0.3, 0.4) is 0 Å². The molecule has 0 radical (unpaired) electrons. The third-order valence-electron chi connectivity index (χ3n) is 3.98. The topological polar surface area (TPSA) is 28.2 Å². The monoisotopic (exact) mass is 245 g/mol. The molecule has 1 unspecified atom stereocenters. The fourth-order valence-corrected chi connectivity index (χ4v) is 2.76. The highest BCUT2D eigenvalue weighted by atomic mass is 15.2. The lowest BCUT2D eigenvalue weighted by Crippen LogP contribution is -2.39. The van der Waals surface area contributed by atoms with Gasteiger partial charge in [-0.2, -0.15) is 0 Å². The van der Waals surface area contributed by atoms with E-state index in [0.29, 0.717) is 6.04 Å². The van der Waals surface area contributed by atoms with Crippen LogP contribution < -0.4 is 10.2 Å². The van der Waals surface area contributed by atoms with E-state index in [9.17, 15) is 0 Å². The smallest absolute Gasteiger partial charge is 0.128 e. The van der Waals surface area contributed by atoms with Crippen LogP contribution in [0, 0.1) is 12.8 Å². The zero-order valence-electron chi connectivity index (χ0n) is 11.2. The predicted octanol–water partition coefficient (Wildman–Crippen LogP) is 2.36. The summed E-state index contributed by atoms with van der Waals surface area (Å²) in [4.78, 5) is 7.19. The van der Waals surface area contributed by atoms with E-state index in [-0.39, 0.29) is 0 Å². The van der Waals surface area contributed by atoms with Gasteiger partial charge in [-0.25, -0.2) is 4.98 Å². The van der Waals surface area contributed by atoms with Crippen LogP contribution in [0.15, 0.2) is 18.2 Å². The Hall–Kier alpha value is -1.09. The minimum atomic E-state index is 0.658. The zero-order chi connectivity index (χ0) is 12.4. The molecule has 0 aromatic carbocycles. The van der Waals surface area contributed by atoms with E-state index in [1.165, 1.54) is 38.8 Å². The molecule has 1 saturated carbocycles. The van der Waals surface area contributed by atoms with Crippen molar-refractivity contribution >= 4 is 5.82 Å². The van der Waals surface area contributed by atoms with Gasteiger partial charge in [-0.15, -0.1) is 0 Å². The van der Waals surface area contributed by atoms with Crippen molar-refractivity contribution in [3.05, 3.63) is 23.9 Å². The van der Waals surface area contributed by atoms with Crippen molar-refractivity contribution in [3.63, 3.8) is 0 Å². The highest BCUT2D eigenvalue weighted by molar-refractivity contribution is 5.39. The van der Waals surface area contributed by atoms with Crippen molar-refractivity contribution in [3.8, 4) is 0 Å². The Bertz CT molecular complexity index is 394. The SMILES string of the molecule is Cc1cccc(N(CC2CC2)CC2CCCN2)n1. The van der Waals surface area contributed by atoms with Gasteiger partial charge in [-0.1, -0.05) is 6.07 Å². The van der Waals surface area contributed by atoms with Crippen LogP contribution in [-0.2, 0) is 0 Å². The summed E-state index contributed by atoms with van der Waals surface area (Å²) in [6, 6.07) is 7.02. The maximum atomic E-state index is 4.69. The number of aromatic nitrogens is 1. The highest BCUT2D eigenvalue weighted by Crippen LogP contribution is 2.31. The molecule has 18 heavy (non-hydrogen) atoms. The minimum absolute atomic E-state index is 0.658. The average molecular weight is 245 g/mol. The van der Waals surface area contributed by atoms with E-state index in [1.807, 2.05) is 0 Å². The molecule has 98 valence electrons. The van der Waals surface area contributed by atoms with Gasteiger partial charge in [-0.05, 0) is 57.2 Å². The Morgan fingerprint density at radius 3 is 2.83 bits per heavy atom. The van der Waals surface area contributed by atoms with E-state index in [4.69, 9.17) is 4.98 Å². The molecule has 1 saturated heterocycles. The molecule has 3 nitrogen and oxygen atoms in total. The third kappa shape index (κ3) is 3.02. The second-order valence-electron chi connectivity index (χ2n) is 5.78. The number of nitrogens with zero attached hydrogens (tertiary/aromatic N) is 2. The molecule has 1 atom stereocenters. The van der Waals surface area contributed by atoms with Crippen molar-refractivity contribution in [2.45, 2.75) is 38.6 Å². The third-order valence-corrected chi connectivity index (χ3v) is 3.98. The normalized spacial score (nSPS) is 23.3. The van der Waals surface area contributed by atoms with E-state index < -0.39 is 0 Å². The minimum Gasteiger partial charge on any atom is -0.355 e. The fraction of sp³-hybridized carbons (Fsp3) is 0.667. The molecule has 2 heterocycles. The van der Waals surface area contributed by atoms with Crippen LogP contribution in [0.5, 0.6) is 0 Å². The number of hydrogen-bond acceptors (Lipinski definition) is 3. The summed E-state index contributed by atoms with van der Waals surface area (Å²) in [5.74, 6) is 2.07. The van der Waals surface area contributed by atoms with E-state index in [1.54, 1.807) is 0 Å². The van der Waals surface area contributed by atoms with E-state index in [0.717, 1.165) is 24.0 Å². The molecule has 0 spiro atoms. The van der Waals surface area contributed by atoms with Gasteiger partial charge in [0, 0.05) is 24.8 Å². The highest BCUT2D eigenvalue weighted by Gasteiger charge is 2.27. The first-order valence-corrected chi connectivity index (χ1v) is 7.23. The van der Waals surface area contributed by atoms with Crippen LogP contribution in [0.25, 0.3) is 0 Å². The lowest BCUT2D eigenvalue weighted by atomic mass is 10.2. The van der Waals surface area contributed by atoms with Gasteiger partial charge < -0.3 is 10.2 Å². The molecule has 1 aromatic heterocycles. The van der Waals surface area contributed by atoms with Crippen LogP contribution in [-0.4, -0.2) is 30.7 Å². The molecular weight excluding hydrogens is 222 g/mol. The van der Waals surface area contributed by atoms with E-state index >= 15 is 0 Å². The molecule has 2 aliphatic rings. The number of pyridine rings is 1. The summed E-state index contributed by atoms with van der Waals surface area (Å²) in [6.45, 7) is 5.57. The molecular formula is C15H23N3. The molecule has 1 aromatic rings. The van der Waals surface area contributed by atoms with Gasteiger partial charge in [0.25, 0.3) is 0 Å². The predicted molar refractivity (Wildman–Crippen MR) is 74.9 cm³/mol. The van der Waals surface area contributed by atoms with Gasteiger partial charge in [-0.3, -0.25) is 0 Å². The number of anilines is 1. The quantitative estimate of drug-likeness (QED) is 0.863. The number of aryl methyl sites for hydroxylation is 1. The van der Waals surface area contributed by atoms with Crippen LogP contribution in [0.1, 0.15) is 31.4 Å². The average Bonchev–Trinajstić information content (AvgIpc) is 3.03. The van der Waals surface area contributed by atoms with Crippen molar-refractivity contribution < 1.29 is 0 Å². The Morgan fingerprint density at radius 1 is 1.28 bits per heavy atom. The second-order valence-corrected chi connectivity index (χ2v) is 5.78. The Kier molecular flexibility index (Phi) is 3.50. The van der Waals surface area contributed by atoms with Gasteiger partial charge in [0.2, 0.25) is 0 Å². The summed E-state index contributed by atoms with van der Waals surface area (Å²) in [7, 11) is 0. The Balaban J connectivity index is 1.70. The summed E-state index contributed by atoms with van der Waals surface area (Å²) in [5.41, 5.74) is 1.12. The molecule has 0 bridgehead atoms. The van der Waals surface area contributed by atoms with Crippen molar-refractivity contribution in [1.29, 1.82) is 0 Å². The maximum absolute atomic E-state index is 4.69.